The van der Waals surface area contributed by atoms with E-state index in [-0.39, 0.29) is 11.9 Å². The Labute approximate surface area is 299 Å². The largest absolute Gasteiger partial charge is 0.324 e. The SMILES string of the molecule is C(=NNc1nc(Nc2ccccc2)nc(Nc2ccccc2)n1)c1ccc(C=NNc2nc(Nc3ccccc3)nc(Nc3ccccc3)n2)cc1. The van der Waals surface area contributed by atoms with Crippen LogP contribution in [0.5, 0.6) is 0 Å². The third kappa shape index (κ3) is 9.67. The van der Waals surface area contributed by atoms with E-state index >= 15 is 0 Å². The van der Waals surface area contributed by atoms with Crippen LogP contribution in [0.3, 0.4) is 0 Å². The van der Waals surface area contributed by atoms with Gasteiger partial charge in [-0.2, -0.15) is 40.1 Å². The highest BCUT2D eigenvalue weighted by molar-refractivity contribution is 5.84. The van der Waals surface area contributed by atoms with E-state index in [1.54, 1.807) is 12.4 Å². The summed E-state index contributed by atoms with van der Waals surface area (Å²) in [4.78, 5) is 27.0. The molecule has 0 saturated heterocycles. The van der Waals surface area contributed by atoms with Crippen LogP contribution in [-0.4, -0.2) is 42.3 Å². The summed E-state index contributed by atoms with van der Waals surface area (Å²) in [7, 11) is 0. The molecule has 5 aromatic carbocycles. The van der Waals surface area contributed by atoms with Crippen molar-refractivity contribution in [2.75, 3.05) is 32.1 Å². The smallest absolute Gasteiger partial charge is 0.250 e. The highest BCUT2D eigenvalue weighted by atomic mass is 15.4. The van der Waals surface area contributed by atoms with Crippen molar-refractivity contribution in [1.29, 1.82) is 0 Å². The van der Waals surface area contributed by atoms with Gasteiger partial charge in [-0.25, -0.2) is 10.9 Å². The third-order valence-electron chi connectivity index (χ3n) is 7.08. The molecule has 0 aliphatic rings. The normalized spacial score (nSPS) is 10.9. The first kappa shape index (κ1) is 32.8. The van der Waals surface area contributed by atoms with Gasteiger partial charge in [0.1, 0.15) is 0 Å². The molecule has 14 nitrogen and oxygen atoms in total. The molecular formula is C38H32N14. The van der Waals surface area contributed by atoms with Crippen LogP contribution >= 0.6 is 0 Å². The van der Waals surface area contributed by atoms with Gasteiger partial charge in [0.2, 0.25) is 35.7 Å². The molecule has 254 valence electrons. The van der Waals surface area contributed by atoms with Crippen LogP contribution in [0, 0.1) is 0 Å². The Bertz CT molecular complexity index is 1950. The van der Waals surface area contributed by atoms with Crippen LogP contribution in [0.1, 0.15) is 11.1 Å². The minimum Gasteiger partial charge on any atom is -0.324 e. The lowest BCUT2D eigenvalue weighted by atomic mass is 10.2. The number of rotatable bonds is 14. The van der Waals surface area contributed by atoms with Gasteiger partial charge < -0.3 is 21.3 Å². The summed E-state index contributed by atoms with van der Waals surface area (Å²) < 4.78 is 0. The number of nitrogens with zero attached hydrogens (tertiary/aromatic N) is 8. The van der Waals surface area contributed by atoms with Crippen molar-refractivity contribution < 1.29 is 0 Å². The molecule has 0 aliphatic heterocycles. The van der Waals surface area contributed by atoms with Crippen molar-refractivity contribution in [3.8, 4) is 0 Å². The zero-order valence-corrected chi connectivity index (χ0v) is 27.6. The Hall–Kier alpha value is -7.74. The molecule has 0 bridgehead atoms. The van der Waals surface area contributed by atoms with E-state index in [0.717, 1.165) is 33.9 Å². The van der Waals surface area contributed by atoms with Crippen LogP contribution in [0.2, 0.25) is 0 Å². The maximum absolute atomic E-state index is 4.51. The Morgan fingerprint density at radius 3 is 0.827 bits per heavy atom. The molecular weight excluding hydrogens is 653 g/mol. The fraction of sp³-hybridized carbons (Fsp3) is 0. The first-order valence-electron chi connectivity index (χ1n) is 16.2. The molecule has 0 unspecified atom stereocenters. The number of para-hydroxylation sites is 4. The molecule has 0 saturated carbocycles. The van der Waals surface area contributed by atoms with Gasteiger partial charge in [0.15, 0.2) is 0 Å². The monoisotopic (exact) mass is 684 g/mol. The maximum atomic E-state index is 4.51. The summed E-state index contributed by atoms with van der Waals surface area (Å²) in [5.74, 6) is 1.97. The second kappa shape index (κ2) is 16.6. The summed E-state index contributed by atoms with van der Waals surface area (Å²) >= 11 is 0. The summed E-state index contributed by atoms with van der Waals surface area (Å²) in [6.45, 7) is 0. The van der Waals surface area contributed by atoms with Crippen LogP contribution in [0.4, 0.5) is 58.4 Å². The first-order valence-corrected chi connectivity index (χ1v) is 16.2. The minimum atomic E-state index is 0.264. The zero-order valence-electron chi connectivity index (χ0n) is 27.6. The fourth-order valence-electron chi connectivity index (χ4n) is 4.68. The molecule has 0 spiro atoms. The molecule has 7 rings (SSSR count). The molecule has 0 aliphatic carbocycles. The number of nitrogens with one attached hydrogen (secondary N) is 6. The van der Waals surface area contributed by atoms with Crippen molar-refractivity contribution >= 4 is 70.9 Å². The standard InChI is InChI=1S/C38H32N14/c1-5-13-29(14-6-1)41-33-45-34(42-30-15-7-2-8-16-30)48-37(47-33)51-39-25-27-21-23-28(24-22-27)26-40-52-38-49-35(43-31-17-9-3-10-18-31)46-36(50-38)44-32-19-11-4-12-20-32/h1-26H,(H3,41,42,45,47,48,51)(H3,43,44,46,49,50,52). The summed E-state index contributed by atoms with van der Waals surface area (Å²) in [5.41, 5.74) is 10.9. The molecule has 0 atom stereocenters. The van der Waals surface area contributed by atoms with Gasteiger partial charge in [0.05, 0.1) is 12.4 Å². The Morgan fingerprint density at radius 1 is 0.308 bits per heavy atom. The number of anilines is 10. The number of hydrazone groups is 2. The molecule has 6 N–H and O–H groups in total. The second-order valence-corrected chi connectivity index (χ2v) is 11.0. The number of hydrogen-bond donors (Lipinski definition) is 6. The quantitative estimate of drug-likeness (QED) is 0.0483. The summed E-state index contributed by atoms with van der Waals surface area (Å²) in [6, 6.07) is 46.3. The molecule has 52 heavy (non-hydrogen) atoms. The van der Waals surface area contributed by atoms with E-state index in [2.05, 4.69) is 72.2 Å². The lowest BCUT2D eigenvalue weighted by Crippen LogP contribution is -2.07. The van der Waals surface area contributed by atoms with E-state index in [1.807, 2.05) is 146 Å². The Morgan fingerprint density at radius 2 is 0.558 bits per heavy atom. The van der Waals surface area contributed by atoms with E-state index in [0.29, 0.717) is 23.8 Å². The lowest BCUT2D eigenvalue weighted by molar-refractivity contribution is 1.04. The van der Waals surface area contributed by atoms with Crippen LogP contribution in [0.25, 0.3) is 0 Å². The van der Waals surface area contributed by atoms with Crippen LogP contribution < -0.4 is 32.1 Å². The second-order valence-electron chi connectivity index (χ2n) is 11.0. The Balaban J connectivity index is 1.00. The highest BCUT2D eigenvalue weighted by Crippen LogP contribution is 2.20. The Kier molecular flexibility index (Phi) is 10.5. The average Bonchev–Trinajstić information content (AvgIpc) is 3.17. The van der Waals surface area contributed by atoms with Crippen LogP contribution in [-0.2, 0) is 0 Å². The van der Waals surface area contributed by atoms with Crippen molar-refractivity contribution in [2.24, 2.45) is 10.2 Å². The molecule has 2 aromatic heterocycles. The lowest BCUT2D eigenvalue weighted by Gasteiger charge is -2.10. The van der Waals surface area contributed by atoms with Gasteiger partial charge in [0, 0.05) is 22.7 Å². The highest BCUT2D eigenvalue weighted by Gasteiger charge is 2.09. The van der Waals surface area contributed by atoms with Gasteiger partial charge in [-0.05, 0) is 59.7 Å². The van der Waals surface area contributed by atoms with E-state index in [4.69, 9.17) is 0 Å². The van der Waals surface area contributed by atoms with Gasteiger partial charge in [-0.3, -0.25) is 0 Å². The molecule has 14 heteroatoms. The fourth-order valence-corrected chi connectivity index (χ4v) is 4.68. The topological polar surface area (TPSA) is 174 Å². The molecule has 0 fully saturated rings. The maximum Gasteiger partial charge on any atom is 0.250 e. The number of benzene rings is 5. The zero-order chi connectivity index (χ0) is 35.2. The van der Waals surface area contributed by atoms with Gasteiger partial charge >= 0.3 is 0 Å². The third-order valence-corrected chi connectivity index (χ3v) is 7.08. The molecule has 7 aromatic rings. The predicted molar refractivity (Wildman–Crippen MR) is 207 cm³/mol. The van der Waals surface area contributed by atoms with Crippen molar-refractivity contribution in [2.45, 2.75) is 0 Å². The van der Waals surface area contributed by atoms with Gasteiger partial charge in [0.25, 0.3) is 0 Å². The first-order chi connectivity index (χ1) is 25.7. The van der Waals surface area contributed by atoms with E-state index < -0.39 is 0 Å². The van der Waals surface area contributed by atoms with E-state index in [9.17, 15) is 0 Å². The van der Waals surface area contributed by atoms with Crippen molar-refractivity contribution in [3.63, 3.8) is 0 Å². The predicted octanol–water partition coefficient (Wildman–Crippen LogP) is 7.92. The number of aromatic nitrogens is 6. The number of hydrogen-bond acceptors (Lipinski definition) is 14. The van der Waals surface area contributed by atoms with Gasteiger partial charge in [-0.15, -0.1) is 0 Å². The summed E-state index contributed by atoms with van der Waals surface area (Å²) in [5, 5.41) is 21.5. The van der Waals surface area contributed by atoms with Crippen LogP contribution in [0.15, 0.2) is 156 Å². The molecule has 0 radical (unpaired) electrons. The molecule has 2 heterocycles. The van der Waals surface area contributed by atoms with Crippen molar-refractivity contribution in [3.05, 3.63) is 157 Å². The van der Waals surface area contributed by atoms with Gasteiger partial charge in [-0.1, -0.05) is 97.1 Å². The van der Waals surface area contributed by atoms with E-state index in [1.165, 1.54) is 0 Å². The minimum absolute atomic E-state index is 0.264. The van der Waals surface area contributed by atoms with Crippen molar-refractivity contribution in [1.82, 2.24) is 29.9 Å². The summed E-state index contributed by atoms with van der Waals surface area (Å²) in [6.07, 6.45) is 3.34. The average molecular weight is 685 g/mol. The molecule has 0 amide bonds.